The van der Waals surface area contributed by atoms with E-state index in [-0.39, 0.29) is 0 Å². The molecular formula is C12H9N3S. The van der Waals surface area contributed by atoms with Gasteiger partial charge in [-0.1, -0.05) is 30.4 Å². The van der Waals surface area contributed by atoms with E-state index in [0.717, 1.165) is 27.5 Å². The summed E-state index contributed by atoms with van der Waals surface area (Å²) in [5.41, 5.74) is 4.15. The lowest BCUT2D eigenvalue weighted by Crippen LogP contribution is -2.10. The highest BCUT2D eigenvalue weighted by molar-refractivity contribution is 7.80. The van der Waals surface area contributed by atoms with Crippen molar-refractivity contribution in [2.45, 2.75) is 6.42 Å². The van der Waals surface area contributed by atoms with Crippen molar-refractivity contribution in [3.05, 3.63) is 42.4 Å². The van der Waals surface area contributed by atoms with Crippen LogP contribution in [0.4, 0.5) is 5.69 Å². The molecule has 0 saturated heterocycles. The predicted octanol–water partition coefficient (Wildman–Crippen LogP) is 2.44. The van der Waals surface area contributed by atoms with Crippen LogP contribution in [0.15, 0.2) is 36.8 Å². The summed E-state index contributed by atoms with van der Waals surface area (Å²) in [4.78, 5) is 9.20. The summed E-state index contributed by atoms with van der Waals surface area (Å²) in [6.45, 7) is 0. The molecule has 0 saturated carbocycles. The van der Waals surface area contributed by atoms with Crippen LogP contribution >= 0.6 is 12.2 Å². The first-order chi connectivity index (χ1) is 7.84. The number of nitrogens with zero attached hydrogens (tertiary/aromatic N) is 2. The van der Waals surface area contributed by atoms with E-state index in [9.17, 15) is 0 Å². The van der Waals surface area contributed by atoms with Crippen molar-refractivity contribution in [2.75, 3.05) is 5.32 Å². The number of rotatable bonds is 0. The fourth-order valence-corrected chi connectivity index (χ4v) is 2.16. The number of anilines is 1. The average Bonchev–Trinajstić information content (AvgIpc) is 2.44. The Labute approximate surface area is 98.6 Å². The highest BCUT2D eigenvalue weighted by atomic mass is 32.1. The van der Waals surface area contributed by atoms with E-state index >= 15 is 0 Å². The number of nitrogens with one attached hydrogen (secondary N) is 1. The minimum absolute atomic E-state index is 0.695. The lowest BCUT2D eigenvalue weighted by atomic mass is 10.1. The second-order valence-electron chi connectivity index (χ2n) is 3.67. The topological polar surface area (TPSA) is 37.8 Å². The molecule has 16 heavy (non-hydrogen) atoms. The molecule has 2 aromatic rings. The van der Waals surface area contributed by atoms with Gasteiger partial charge in [0.15, 0.2) is 0 Å². The van der Waals surface area contributed by atoms with Crippen LogP contribution in [0.2, 0.25) is 0 Å². The molecule has 0 amide bonds. The fraction of sp³-hybridized carbons (Fsp3) is 0.0833. The van der Waals surface area contributed by atoms with Gasteiger partial charge in [-0.2, -0.15) is 0 Å². The Morgan fingerprint density at radius 3 is 3.06 bits per heavy atom. The number of thiocarbonyl (C=S) groups is 1. The molecule has 4 heteroatoms. The second kappa shape index (κ2) is 3.64. The number of hydrogen-bond acceptors (Lipinski definition) is 3. The fourth-order valence-electron chi connectivity index (χ4n) is 1.90. The molecule has 1 aliphatic heterocycles. The van der Waals surface area contributed by atoms with Gasteiger partial charge in [-0.15, -0.1) is 0 Å². The second-order valence-corrected chi connectivity index (χ2v) is 4.16. The molecule has 0 bridgehead atoms. The predicted molar refractivity (Wildman–Crippen MR) is 67.4 cm³/mol. The summed E-state index contributed by atoms with van der Waals surface area (Å²) >= 11 is 5.28. The van der Waals surface area contributed by atoms with Crippen LogP contribution in [-0.2, 0) is 6.42 Å². The minimum atomic E-state index is 0.695. The van der Waals surface area contributed by atoms with Crippen LogP contribution in [-0.4, -0.2) is 15.0 Å². The smallest absolute Gasteiger partial charge is 0.116 e. The number of aromatic nitrogens is 2. The van der Waals surface area contributed by atoms with Crippen molar-refractivity contribution in [3.63, 3.8) is 0 Å². The monoisotopic (exact) mass is 227 g/mol. The highest BCUT2D eigenvalue weighted by Gasteiger charge is 2.16. The standard InChI is InChI=1S/C12H9N3S/c16-11-5-8-6-13-7-14-12(8)9-3-1-2-4-10(9)15-11/h1-4,6-7H,5H2,(H,15,16). The third-order valence-corrected chi connectivity index (χ3v) is 2.84. The van der Waals surface area contributed by atoms with Crippen molar-refractivity contribution < 1.29 is 0 Å². The van der Waals surface area contributed by atoms with E-state index in [1.54, 1.807) is 6.33 Å². The Morgan fingerprint density at radius 1 is 1.25 bits per heavy atom. The normalized spacial score (nSPS) is 13.4. The van der Waals surface area contributed by atoms with Gasteiger partial charge in [0.05, 0.1) is 10.7 Å². The van der Waals surface area contributed by atoms with Gasteiger partial charge < -0.3 is 5.32 Å². The van der Waals surface area contributed by atoms with Gasteiger partial charge >= 0.3 is 0 Å². The lowest BCUT2D eigenvalue weighted by molar-refractivity contribution is 1.12. The Hall–Kier alpha value is -1.81. The molecule has 1 N–H and O–H groups in total. The van der Waals surface area contributed by atoms with E-state index < -0.39 is 0 Å². The first-order valence-electron chi connectivity index (χ1n) is 5.03. The van der Waals surface area contributed by atoms with Crippen molar-refractivity contribution in [3.8, 4) is 11.3 Å². The summed E-state index contributed by atoms with van der Waals surface area (Å²) in [7, 11) is 0. The van der Waals surface area contributed by atoms with E-state index in [1.165, 1.54) is 0 Å². The number of benzene rings is 1. The molecule has 3 rings (SSSR count). The largest absolute Gasteiger partial charge is 0.349 e. The molecule has 1 aromatic heterocycles. The van der Waals surface area contributed by atoms with Crippen LogP contribution < -0.4 is 5.32 Å². The maximum absolute atomic E-state index is 5.28. The molecule has 0 spiro atoms. The number of para-hydroxylation sites is 1. The van der Waals surface area contributed by atoms with Gasteiger partial charge in [0, 0.05) is 29.4 Å². The third kappa shape index (κ3) is 1.47. The Morgan fingerprint density at radius 2 is 2.12 bits per heavy atom. The molecular weight excluding hydrogens is 218 g/mol. The molecule has 2 heterocycles. The Bertz CT molecular complexity index is 516. The summed E-state index contributed by atoms with van der Waals surface area (Å²) in [5, 5.41) is 3.23. The van der Waals surface area contributed by atoms with Crippen molar-refractivity contribution in [1.82, 2.24) is 9.97 Å². The van der Waals surface area contributed by atoms with E-state index in [1.807, 2.05) is 30.5 Å². The van der Waals surface area contributed by atoms with E-state index in [4.69, 9.17) is 12.2 Å². The SMILES string of the molecule is S=C1Cc2cncnc2-c2ccccc2N1. The van der Waals surface area contributed by atoms with Crippen molar-refractivity contribution in [1.29, 1.82) is 0 Å². The molecule has 1 aromatic carbocycles. The van der Waals surface area contributed by atoms with Gasteiger partial charge in [-0.3, -0.25) is 0 Å². The van der Waals surface area contributed by atoms with Gasteiger partial charge in [0.2, 0.25) is 0 Å². The summed E-state index contributed by atoms with van der Waals surface area (Å²) in [5.74, 6) is 0. The zero-order valence-electron chi connectivity index (χ0n) is 8.47. The minimum Gasteiger partial charge on any atom is -0.349 e. The zero-order chi connectivity index (χ0) is 11.0. The lowest BCUT2D eigenvalue weighted by Gasteiger charge is -2.06. The summed E-state index contributed by atoms with van der Waals surface area (Å²) in [6.07, 6.45) is 4.10. The molecule has 0 fully saturated rings. The van der Waals surface area contributed by atoms with Gasteiger partial charge in [-0.25, -0.2) is 9.97 Å². The summed E-state index contributed by atoms with van der Waals surface area (Å²) in [6, 6.07) is 8.04. The first kappa shape index (κ1) is 9.42. The molecule has 78 valence electrons. The van der Waals surface area contributed by atoms with Crippen LogP contribution in [0.3, 0.4) is 0 Å². The van der Waals surface area contributed by atoms with Crippen LogP contribution in [0, 0.1) is 0 Å². The van der Waals surface area contributed by atoms with Crippen LogP contribution in [0.5, 0.6) is 0 Å². The average molecular weight is 227 g/mol. The Balaban J connectivity index is 2.30. The van der Waals surface area contributed by atoms with Crippen LogP contribution in [0.1, 0.15) is 5.56 Å². The molecule has 3 nitrogen and oxygen atoms in total. The van der Waals surface area contributed by atoms with Crippen molar-refractivity contribution in [2.24, 2.45) is 0 Å². The molecule has 0 aliphatic carbocycles. The van der Waals surface area contributed by atoms with E-state index in [0.29, 0.717) is 6.42 Å². The molecule has 1 aliphatic rings. The van der Waals surface area contributed by atoms with Gasteiger partial charge in [0.1, 0.15) is 6.33 Å². The maximum Gasteiger partial charge on any atom is 0.116 e. The van der Waals surface area contributed by atoms with Crippen LogP contribution in [0.25, 0.3) is 11.3 Å². The number of fused-ring (bicyclic) bond motifs is 3. The maximum atomic E-state index is 5.28. The Kier molecular flexibility index (Phi) is 2.15. The first-order valence-corrected chi connectivity index (χ1v) is 5.43. The highest BCUT2D eigenvalue weighted by Crippen LogP contribution is 2.31. The summed E-state index contributed by atoms with van der Waals surface area (Å²) < 4.78 is 0. The van der Waals surface area contributed by atoms with Gasteiger partial charge in [-0.05, 0) is 6.07 Å². The molecule has 0 atom stereocenters. The third-order valence-electron chi connectivity index (χ3n) is 2.60. The quantitative estimate of drug-likeness (QED) is 0.701. The zero-order valence-corrected chi connectivity index (χ0v) is 9.29. The number of hydrogen-bond donors (Lipinski definition) is 1. The van der Waals surface area contributed by atoms with Gasteiger partial charge in [0.25, 0.3) is 0 Å². The molecule has 0 unspecified atom stereocenters. The van der Waals surface area contributed by atoms with Crippen molar-refractivity contribution >= 4 is 22.9 Å². The van der Waals surface area contributed by atoms with E-state index in [2.05, 4.69) is 15.3 Å². The molecule has 0 radical (unpaired) electrons.